The Hall–Kier alpha value is -0.620. The Morgan fingerprint density at radius 3 is 2.75 bits per heavy atom. The van der Waals surface area contributed by atoms with Crippen LogP contribution in [0.15, 0.2) is 4.99 Å². The fourth-order valence-electron chi connectivity index (χ4n) is 0.593. The van der Waals surface area contributed by atoms with Gasteiger partial charge in [0, 0.05) is 0 Å². The van der Waals surface area contributed by atoms with Crippen LogP contribution in [0.2, 0.25) is 0 Å². The number of rotatable bonds is 3. The fraction of sp³-hybridized carbons (Fsp3) is 0.833. The monoisotopic (exact) mass is 112 g/mol. The van der Waals surface area contributed by atoms with Gasteiger partial charge >= 0.3 is 0 Å². The normalized spacial score (nSPS) is 12.2. The van der Waals surface area contributed by atoms with E-state index in [0.29, 0.717) is 0 Å². The van der Waals surface area contributed by atoms with Gasteiger partial charge in [0.1, 0.15) is 0 Å². The molecule has 0 spiro atoms. The second kappa shape index (κ2) is 4.54. The van der Waals surface area contributed by atoms with Crippen molar-refractivity contribution < 1.29 is 0 Å². The van der Waals surface area contributed by atoms with Crippen LogP contribution in [-0.2, 0) is 0 Å². The maximum Gasteiger partial charge on any atom is 0.0864 e. The molecule has 0 radical (unpaired) electrons. The predicted octanol–water partition coefficient (Wildman–Crippen LogP) is 1.93. The lowest BCUT2D eigenvalue weighted by molar-refractivity contribution is 0.657. The highest BCUT2D eigenvalue weighted by atomic mass is 14.8. The van der Waals surface area contributed by atoms with Crippen LogP contribution in [0.4, 0.5) is 0 Å². The highest BCUT2D eigenvalue weighted by molar-refractivity contribution is 5.36. The Bertz CT molecular complexity index is 92.7. The Labute approximate surface area is 50.1 Å². The predicted molar refractivity (Wildman–Crippen MR) is 34.5 cm³/mol. The van der Waals surface area contributed by atoms with Crippen LogP contribution in [0, 0.1) is 5.41 Å². The molecule has 0 bridgehead atoms. The zero-order chi connectivity index (χ0) is 6.41. The lowest BCUT2D eigenvalue weighted by Crippen LogP contribution is -1.94. The van der Waals surface area contributed by atoms with Gasteiger partial charge in [0.25, 0.3) is 0 Å². The molecule has 0 aromatic rings. The van der Waals surface area contributed by atoms with E-state index in [1.807, 2.05) is 12.9 Å². The molecule has 0 heterocycles. The van der Waals surface area contributed by atoms with Crippen LogP contribution < -0.4 is 0 Å². The van der Waals surface area contributed by atoms with Crippen LogP contribution in [0.3, 0.4) is 0 Å². The molecule has 46 valence electrons. The van der Waals surface area contributed by atoms with Gasteiger partial charge in [0.2, 0.25) is 0 Å². The van der Waals surface area contributed by atoms with Crippen LogP contribution >= 0.6 is 0 Å². The quantitative estimate of drug-likeness (QED) is 0.541. The number of nitrogens with one attached hydrogen (secondary N) is 1. The van der Waals surface area contributed by atoms with Gasteiger partial charge < -0.3 is 0 Å². The van der Waals surface area contributed by atoms with E-state index in [1.54, 1.807) is 0 Å². The first-order valence-corrected chi connectivity index (χ1v) is 2.92. The van der Waals surface area contributed by atoms with Crippen molar-refractivity contribution in [3.63, 3.8) is 0 Å². The minimum atomic E-state index is 0.289. The SMILES string of the molecule is CCCC(C)N=C=N. The van der Waals surface area contributed by atoms with Gasteiger partial charge in [-0.2, -0.15) is 0 Å². The summed E-state index contributed by atoms with van der Waals surface area (Å²) in [7, 11) is 0. The van der Waals surface area contributed by atoms with E-state index in [0.717, 1.165) is 12.8 Å². The van der Waals surface area contributed by atoms with E-state index in [1.165, 1.54) is 0 Å². The molecule has 2 heteroatoms. The first-order chi connectivity index (χ1) is 3.81. The second-order valence-corrected chi connectivity index (χ2v) is 1.88. The van der Waals surface area contributed by atoms with Crippen LogP contribution in [0.1, 0.15) is 26.7 Å². The van der Waals surface area contributed by atoms with Crippen molar-refractivity contribution in [2.45, 2.75) is 32.7 Å². The molecule has 0 aliphatic rings. The topological polar surface area (TPSA) is 36.2 Å². The van der Waals surface area contributed by atoms with E-state index in [-0.39, 0.29) is 6.04 Å². The van der Waals surface area contributed by atoms with Crippen molar-refractivity contribution in [2.75, 3.05) is 0 Å². The first kappa shape index (κ1) is 7.38. The smallest absolute Gasteiger partial charge is 0.0864 e. The number of hydrogen-bond acceptors (Lipinski definition) is 2. The summed E-state index contributed by atoms with van der Waals surface area (Å²) in [5, 5.41) is 6.49. The van der Waals surface area contributed by atoms with Crippen molar-refractivity contribution in [3.05, 3.63) is 0 Å². The molecule has 0 fully saturated rings. The van der Waals surface area contributed by atoms with E-state index in [4.69, 9.17) is 5.41 Å². The zero-order valence-electron chi connectivity index (χ0n) is 5.44. The van der Waals surface area contributed by atoms with E-state index < -0.39 is 0 Å². The van der Waals surface area contributed by atoms with Crippen molar-refractivity contribution in [1.29, 1.82) is 5.41 Å². The summed E-state index contributed by atoms with van der Waals surface area (Å²) in [5.41, 5.74) is 0. The summed E-state index contributed by atoms with van der Waals surface area (Å²) in [4.78, 5) is 3.73. The van der Waals surface area contributed by atoms with Crippen molar-refractivity contribution in [1.82, 2.24) is 0 Å². The average molecular weight is 112 g/mol. The number of hydrogen-bond donors (Lipinski definition) is 1. The van der Waals surface area contributed by atoms with E-state index >= 15 is 0 Å². The Morgan fingerprint density at radius 2 is 2.38 bits per heavy atom. The summed E-state index contributed by atoms with van der Waals surface area (Å²) in [6.07, 6.45) is 2.19. The third kappa shape index (κ3) is 3.57. The summed E-state index contributed by atoms with van der Waals surface area (Å²) in [5.74, 6) is 0. The summed E-state index contributed by atoms with van der Waals surface area (Å²) in [6.45, 7) is 4.10. The molecule has 0 amide bonds. The molecule has 0 saturated heterocycles. The maximum atomic E-state index is 6.49. The van der Waals surface area contributed by atoms with Crippen LogP contribution in [0.25, 0.3) is 0 Å². The van der Waals surface area contributed by atoms with Gasteiger partial charge in [0.05, 0.1) is 12.1 Å². The standard InChI is InChI=1S/C6H12N2/c1-3-4-6(2)8-5-7/h6-7H,3-4H2,1-2H3. The first-order valence-electron chi connectivity index (χ1n) is 2.92. The molecule has 8 heavy (non-hydrogen) atoms. The highest BCUT2D eigenvalue weighted by Crippen LogP contribution is 1.97. The maximum absolute atomic E-state index is 6.49. The van der Waals surface area contributed by atoms with Gasteiger partial charge in [-0.1, -0.05) is 13.3 Å². The number of nitrogens with zero attached hydrogens (tertiary/aromatic N) is 1. The van der Waals surface area contributed by atoms with Gasteiger partial charge in [-0.25, -0.2) is 10.4 Å². The second-order valence-electron chi connectivity index (χ2n) is 1.88. The molecule has 0 aromatic carbocycles. The molecule has 0 aromatic heterocycles. The molecule has 0 rings (SSSR count). The molecule has 0 aliphatic carbocycles. The van der Waals surface area contributed by atoms with Crippen LogP contribution in [-0.4, -0.2) is 12.1 Å². The lowest BCUT2D eigenvalue weighted by Gasteiger charge is -1.97. The lowest BCUT2D eigenvalue weighted by atomic mass is 10.2. The molecule has 1 atom stereocenters. The molecule has 1 unspecified atom stereocenters. The van der Waals surface area contributed by atoms with Gasteiger partial charge in [-0.05, 0) is 13.3 Å². The van der Waals surface area contributed by atoms with Crippen molar-refractivity contribution in [2.24, 2.45) is 4.99 Å². The summed E-state index contributed by atoms with van der Waals surface area (Å²) in [6, 6.07) is 2.32. The molecule has 0 aliphatic heterocycles. The van der Waals surface area contributed by atoms with Crippen LogP contribution in [0.5, 0.6) is 0 Å². The van der Waals surface area contributed by atoms with Gasteiger partial charge in [0.15, 0.2) is 0 Å². The summed E-state index contributed by atoms with van der Waals surface area (Å²) >= 11 is 0. The minimum Gasteiger partial charge on any atom is -0.242 e. The van der Waals surface area contributed by atoms with E-state index in [9.17, 15) is 0 Å². The minimum absolute atomic E-state index is 0.289. The molecule has 2 nitrogen and oxygen atoms in total. The average Bonchev–Trinajstić information content (AvgIpc) is 1.68. The Balaban J connectivity index is 3.31. The molecular formula is C6H12N2. The third-order valence-corrected chi connectivity index (χ3v) is 0.991. The Kier molecular flexibility index (Phi) is 4.19. The highest BCUT2D eigenvalue weighted by Gasteiger charge is 1.92. The van der Waals surface area contributed by atoms with E-state index in [2.05, 4.69) is 11.9 Å². The summed E-state index contributed by atoms with van der Waals surface area (Å²) < 4.78 is 0. The van der Waals surface area contributed by atoms with Crippen molar-refractivity contribution >= 4 is 6.01 Å². The zero-order valence-corrected chi connectivity index (χ0v) is 5.44. The molecular weight excluding hydrogens is 100 g/mol. The largest absolute Gasteiger partial charge is 0.242 e. The fourth-order valence-corrected chi connectivity index (χ4v) is 0.593. The van der Waals surface area contributed by atoms with Gasteiger partial charge in [-0.15, -0.1) is 0 Å². The molecule has 0 saturated carbocycles. The van der Waals surface area contributed by atoms with Gasteiger partial charge in [-0.3, -0.25) is 0 Å². The number of aliphatic imine (C=N–C) groups is 1. The third-order valence-electron chi connectivity index (χ3n) is 0.991. The molecule has 1 N–H and O–H groups in total. The van der Waals surface area contributed by atoms with Crippen molar-refractivity contribution in [3.8, 4) is 0 Å². The Morgan fingerprint density at radius 1 is 1.75 bits per heavy atom.